The molecule has 2 aliphatic rings. The van der Waals surface area contributed by atoms with Crippen molar-refractivity contribution in [1.29, 1.82) is 0 Å². The number of aliphatic hydroxyl groups excluding tert-OH is 1. The van der Waals surface area contributed by atoms with Crippen LogP contribution in [-0.2, 0) is 21.4 Å². The van der Waals surface area contributed by atoms with E-state index in [0.29, 0.717) is 11.4 Å². The lowest BCUT2D eigenvalue weighted by molar-refractivity contribution is 0.164. The van der Waals surface area contributed by atoms with Gasteiger partial charge in [-0.25, -0.2) is 13.1 Å². The van der Waals surface area contributed by atoms with E-state index in [0.717, 1.165) is 37.0 Å². The smallest absolute Gasteiger partial charge is 0.243 e. The third kappa shape index (κ3) is 2.94. The van der Waals surface area contributed by atoms with Crippen LogP contribution in [0.15, 0.2) is 31.8 Å². The molecule has 1 fully saturated rings. The van der Waals surface area contributed by atoms with E-state index in [9.17, 15) is 13.5 Å². The number of nitrogens with one attached hydrogen (secondary N) is 1. The number of sulfonamides is 1. The van der Waals surface area contributed by atoms with Crippen LogP contribution < -0.4 is 4.72 Å². The first-order chi connectivity index (χ1) is 10.1. The van der Waals surface area contributed by atoms with Gasteiger partial charge in [-0.2, -0.15) is 8.73 Å². The fourth-order valence-electron chi connectivity index (χ4n) is 2.84. The SMILES string of the molecule is O=S(=O)(NC1CCCCC1CO)c1cccc2c1N=S=N2. The van der Waals surface area contributed by atoms with Crippen molar-refractivity contribution < 1.29 is 13.5 Å². The van der Waals surface area contributed by atoms with Crippen molar-refractivity contribution in [3.63, 3.8) is 0 Å². The number of nitrogens with zero attached hydrogens (tertiary/aromatic N) is 2. The Morgan fingerprint density at radius 3 is 2.90 bits per heavy atom. The molecule has 0 amide bonds. The summed E-state index contributed by atoms with van der Waals surface area (Å²) >= 11 is 1.00. The highest BCUT2D eigenvalue weighted by atomic mass is 32.2. The van der Waals surface area contributed by atoms with Gasteiger partial charge in [0, 0.05) is 12.6 Å². The molecule has 1 aliphatic heterocycles. The highest BCUT2D eigenvalue weighted by molar-refractivity contribution is 7.89. The summed E-state index contributed by atoms with van der Waals surface area (Å²) in [5, 5.41) is 9.41. The highest BCUT2D eigenvalue weighted by Gasteiger charge is 2.31. The Kier molecular flexibility index (Phi) is 4.21. The molecule has 0 spiro atoms. The van der Waals surface area contributed by atoms with Gasteiger partial charge in [0.25, 0.3) is 0 Å². The summed E-state index contributed by atoms with van der Waals surface area (Å²) in [7, 11) is -3.66. The second kappa shape index (κ2) is 5.96. The zero-order valence-corrected chi connectivity index (χ0v) is 13.0. The fourth-order valence-corrected chi connectivity index (χ4v) is 4.95. The van der Waals surface area contributed by atoms with Gasteiger partial charge in [0.05, 0.1) is 11.4 Å². The lowest BCUT2D eigenvalue weighted by atomic mass is 9.86. The van der Waals surface area contributed by atoms with Crippen molar-refractivity contribution >= 4 is 32.8 Å². The predicted molar refractivity (Wildman–Crippen MR) is 81.1 cm³/mol. The van der Waals surface area contributed by atoms with Gasteiger partial charge in [-0.1, -0.05) is 18.9 Å². The van der Waals surface area contributed by atoms with E-state index >= 15 is 0 Å². The summed E-state index contributed by atoms with van der Waals surface area (Å²) in [6.07, 6.45) is 3.63. The summed E-state index contributed by atoms with van der Waals surface area (Å²) in [4.78, 5) is 0.163. The number of hydrogen-bond donors (Lipinski definition) is 2. The summed E-state index contributed by atoms with van der Waals surface area (Å²) in [5.74, 6) is -0.0127. The molecule has 6 nitrogen and oxygen atoms in total. The molecule has 1 aromatic carbocycles. The van der Waals surface area contributed by atoms with Gasteiger partial charge >= 0.3 is 0 Å². The van der Waals surface area contributed by atoms with E-state index in [1.54, 1.807) is 18.2 Å². The Bertz CT molecular complexity index is 711. The maximum atomic E-state index is 12.6. The lowest BCUT2D eigenvalue weighted by Gasteiger charge is -2.30. The van der Waals surface area contributed by atoms with E-state index in [2.05, 4.69) is 13.4 Å². The Hall–Kier alpha value is -1.09. The third-order valence-corrected chi connectivity index (χ3v) is 6.05. The Labute approximate surface area is 127 Å². The van der Waals surface area contributed by atoms with E-state index in [4.69, 9.17) is 0 Å². The maximum Gasteiger partial charge on any atom is 0.243 e. The number of benzene rings is 1. The molecule has 2 N–H and O–H groups in total. The van der Waals surface area contributed by atoms with E-state index < -0.39 is 10.0 Å². The zero-order chi connectivity index (χ0) is 14.9. The summed E-state index contributed by atoms with van der Waals surface area (Å²) in [6, 6.07) is 4.75. The quantitative estimate of drug-likeness (QED) is 0.902. The van der Waals surface area contributed by atoms with Crippen LogP contribution in [-0.4, -0.2) is 26.2 Å². The second-order valence-corrected chi connectivity index (χ2v) is 7.55. The minimum absolute atomic E-state index is 0.00957. The monoisotopic (exact) mass is 327 g/mol. The predicted octanol–water partition coefficient (Wildman–Crippen LogP) is 2.24. The molecule has 1 aromatic rings. The van der Waals surface area contributed by atoms with Crippen LogP contribution in [0.3, 0.4) is 0 Å². The van der Waals surface area contributed by atoms with Crippen LogP contribution in [0, 0.1) is 5.92 Å². The van der Waals surface area contributed by atoms with Crippen molar-refractivity contribution in [2.45, 2.75) is 36.6 Å². The third-order valence-electron chi connectivity index (χ3n) is 3.99. The van der Waals surface area contributed by atoms with Crippen molar-refractivity contribution in [2.75, 3.05) is 6.61 Å². The van der Waals surface area contributed by atoms with Gasteiger partial charge in [0.1, 0.15) is 16.3 Å². The Balaban J connectivity index is 1.88. The largest absolute Gasteiger partial charge is 0.396 e. The van der Waals surface area contributed by atoms with Crippen molar-refractivity contribution in [2.24, 2.45) is 14.6 Å². The molecule has 114 valence electrons. The van der Waals surface area contributed by atoms with Crippen LogP contribution in [0.4, 0.5) is 11.4 Å². The molecule has 1 heterocycles. The molecular formula is C13H17N3O3S2. The van der Waals surface area contributed by atoms with E-state index in [-0.39, 0.29) is 23.5 Å². The molecule has 0 radical (unpaired) electrons. The lowest BCUT2D eigenvalue weighted by Crippen LogP contribution is -2.43. The second-order valence-electron chi connectivity index (χ2n) is 5.34. The van der Waals surface area contributed by atoms with Crippen LogP contribution in [0.5, 0.6) is 0 Å². The standard InChI is InChI=1S/C13H17N3O3S2/c17-8-9-4-1-2-5-10(9)16-21(18,19)12-7-3-6-11-13(12)15-20-14-11/h3,6-7,9-10,16-17H,1-2,4-5,8H2. The van der Waals surface area contributed by atoms with Crippen LogP contribution >= 0.6 is 0 Å². The van der Waals surface area contributed by atoms with Crippen molar-refractivity contribution in [3.8, 4) is 0 Å². The minimum atomic E-state index is -3.66. The van der Waals surface area contributed by atoms with Crippen LogP contribution in [0.25, 0.3) is 0 Å². The molecule has 0 saturated heterocycles. The summed E-state index contributed by atoms with van der Waals surface area (Å²) in [5.41, 5.74) is 0.997. The summed E-state index contributed by atoms with van der Waals surface area (Å²) < 4.78 is 36.1. The van der Waals surface area contributed by atoms with Crippen LogP contribution in [0.1, 0.15) is 25.7 Å². The molecule has 21 heavy (non-hydrogen) atoms. The zero-order valence-electron chi connectivity index (χ0n) is 11.4. The molecule has 2 atom stereocenters. The first kappa shape index (κ1) is 14.8. The minimum Gasteiger partial charge on any atom is -0.396 e. The molecule has 8 heteroatoms. The molecule has 1 aliphatic carbocycles. The highest BCUT2D eigenvalue weighted by Crippen LogP contribution is 2.37. The fraction of sp³-hybridized carbons (Fsp3) is 0.538. The Morgan fingerprint density at radius 1 is 1.29 bits per heavy atom. The Morgan fingerprint density at radius 2 is 2.10 bits per heavy atom. The molecular weight excluding hydrogens is 310 g/mol. The van der Waals surface area contributed by atoms with Crippen molar-refractivity contribution in [3.05, 3.63) is 18.2 Å². The average Bonchev–Trinajstić information content (AvgIpc) is 2.95. The molecule has 1 saturated carbocycles. The number of rotatable bonds is 4. The number of hydrogen-bond acceptors (Lipinski definition) is 5. The molecule has 2 unspecified atom stereocenters. The van der Waals surface area contributed by atoms with Crippen molar-refractivity contribution in [1.82, 2.24) is 4.72 Å². The average molecular weight is 327 g/mol. The normalized spacial score (nSPS) is 24.6. The number of aliphatic hydroxyl groups is 1. The summed E-state index contributed by atoms with van der Waals surface area (Å²) in [6.45, 7) is 0.00957. The van der Waals surface area contributed by atoms with Gasteiger partial charge in [0.15, 0.2) is 0 Å². The van der Waals surface area contributed by atoms with Crippen LogP contribution in [0.2, 0.25) is 0 Å². The first-order valence-electron chi connectivity index (χ1n) is 6.96. The van der Waals surface area contributed by atoms with E-state index in [1.165, 1.54) is 0 Å². The van der Waals surface area contributed by atoms with Gasteiger partial charge in [-0.3, -0.25) is 0 Å². The molecule has 0 aromatic heterocycles. The maximum absolute atomic E-state index is 12.6. The molecule has 3 rings (SSSR count). The number of fused-ring (bicyclic) bond motifs is 1. The van der Waals surface area contributed by atoms with E-state index in [1.807, 2.05) is 0 Å². The topological polar surface area (TPSA) is 91.1 Å². The molecule has 0 bridgehead atoms. The van der Waals surface area contributed by atoms with Gasteiger partial charge in [0.2, 0.25) is 10.0 Å². The van der Waals surface area contributed by atoms with Gasteiger partial charge in [-0.05, 0) is 30.9 Å². The first-order valence-corrected chi connectivity index (χ1v) is 9.17. The van der Waals surface area contributed by atoms with Gasteiger partial charge in [-0.15, -0.1) is 0 Å². The van der Waals surface area contributed by atoms with Gasteiger partial charge < -0.3 is 5.11 Å².